The summed E-state index contributed by atoms with van der Waals surface area (Å²) in [4.78, 5) is 0. The van der Waals surface area contributed by atoms with Gasteiger partial charge in [0, 0.05) is 6.54 Å². The third-order valence-corrected chi connectivity index (χ3v) is 2.59. The number of rotatable bonds is 5. The molecule has 7 heteroatoms. The van der Waals surface area contributed by atoms with Gasteiger partial charge in [-0.15, -0.1) is 11.6 Å². The van der Waals surface area contributed by atoms with Crippen molar-refractivity contribution in [3.63, 3.8) is 0 Å². The molecule has 0 spiro atoms. The van der Waals surface area contributed by atoms with Gasteiger partial charge >= 0.3 is 6.18 Å². The molecule has 1 rings (SSSR count). The Kier molecular flexibility index (Phi) is 5.10. The lowest BCUT2D eigenvalue weighted by Gasteiger charge is -2.18. The molecule has 1 aromatic carbocycles. The molecule has 0 saturated carbocycles. The normalized spacial score (nSPS) is 13.2. The summed E-state index contributed by atoms with van der Waals surface area (Å²) in [6, 6.07) is 3.93. The smallest absolute Gasteiger partial charge is 0.421 e. The van der Waals surface area contributed by atoms with E-state index in [0.717, 1.165) is 0 Å². The Morgan fingerprint density at radius 2 is 2.11 bits per heavy atom. The maximum absolute atomic E-state index is 12.9. The van der Waals surface area contributed by atoms with Gasteiger partial charge in [-0.25, -0.2) is 0 Å². The number of methoxy groups -OCH3 is 1. The van der Waals surface area contributed by atoms with E-state index in [0.29, 0.717) is 0 Å². The summed E-state index contributed by atoms with van der Waals surface area (Å²) >= 11 is 5.37. The monoisotopic (exact) mass is 283 g/mol. The van der Waals surface area contributed by atoms with E-state index in [2.05, 4.69) is 5.32 Å². The van der Waals surface area contributed by atoms with Crippen LogP contribution in [0.5, 0.6) is 5.75 Å². The molecular formula is C11H13ClF3NO2. The first-order chi connectivity index (χ1) is 8.40. The van der Waals surface area contributed by atoms with Crippen LogP contribution in [0.15, 0.2) is 18.2 Å². The molecule has 0 radical (unpaired) electrons. The van der Waals surface area contributed by atoms with Crippen LogP contribution in [0.2, 0.25) is 0 Å². The van der Waals surface area contributed by atoms with Crippen molar-refractivity contribution in [1.82, 2.24) is 0 Å². The average Bonchev–Trinajstić information content (AvgIpc) is 2.33. The third-order valence-electron chi connectivity index (χ3n) is 2.24. The minimum Gasteiger partial charge on any atom is -0.496 e. The molecule has 0 amide bonds. The van der Waals surface area contributed by atoms with Crippen molar-refractivity contribution in [3.8, 4) is 5.75 Å². The Morgan fingerprint density at radius 3 is 2.61 bits per heavy atom. The number of halogens is 4. The number of aliphatic hydroxyl groups excluding tert-OH is 1. The first-order valence-electron chi connectivity index (χ1n) is 5.12. The Morgan fingerprint density at radius 1 is 1.44 bits per heavy atom. The lowest BCUT2D eigenvalue weighted by molar-refractivity contribution is -0.138. The van der Waals surface area contributed by atoms with Crippen LogP contribution in [0, 0.1) is 0 Å². The van der Waals surface area contributed by atoms with E-state index in [4.69, 9.17) is 16.3 Å². The summed E-state index contributed by atoms with van der Waals surface area (Å²) in [6.07, 6.45) is -5.46. The highest BCUT2D eigenvalue weighted by Crippen LogP contribution is 2.41. The van der Waals surface area contributed by atoms with Crippen LogP contribution in [0.25, 0.3) is 0 Å². The molecule has 0 aliphatic rings. The molecule has 0 saturated heterocycles. The number of hydrogen-bond donors (Lipinski definition) is 2. The quantitative estimate of drug-likeness (QED) is 0.817. The number of aliphatic hydroxyl groups is 1. The number of benzene rings is 1. The second-order valence-corrected chi connectivity index (χ2v) is 3.88. The highest BCUT2D eigenvalue weighted by Gasteiger charge is 2.37. The van der Waals surface area contributed by atoms with Crippen molar-refractivity contribution in [2.45, 2.75) is 12.3 Å². The largest absolute Gasteiger partial charge is 0.496 e. The van der Waals surface area contributed by atoms with Crippen LogP contribution in [0.1, 0.15) is 5.56 Å². The van der Waals surface area contributed by atoms with Gasteiger partial charge in [-0.1, -0.05) is 6.07 Å². The zero-order chi connectivity index (χ0) is 13.8. The predicted molar refractivity (Wildman–Crippen MR) is 63.2 cm³/mol. The van der Waals surface area contributed by atoms with Crippen molar-refractivity contribution in [2.24, 2.45) is 0 Å². The molecule has 102 valence electrons. The zero-order valence-electron chi connectivity index (χ0n) is 9.59. The van der Waals surface area contributed by atoms with Gasteiger partial charge in [0.15, 0.2) is 0 Å². The number of ether oxygens (including phenoxy) is 1. The molecule has 0 aromatic heterocycles. The fourth-order valence-electron chi connectivity index (χ4n) is 1.42. The van der Waals surface area contributed by atoms with Crippen molar-refractivity contribution in [3.05, 3.63) is 23.8 Å². The molecule has 0 heterocycles. The predicted octanol–water partition coefficient (Wildman–Crippen LogP) is 2.73. The second-order valence-electron chi connectivity index (χ2n) is 3.57. The van der Waals surface area contributed by atoms with Gasteiger partial charge in [0.1, 0.15) is 11.3 Å². The summed E-state index contributed by atoms with van der Waals surface area (Å²) < 4.78 is 43.4. The molecule has 1 aromatic rings. The minimum atomic E-state index is -4.54. The Bertz CT molecular complexity index is 398. The van der Waals surface area contributed by atoms with E-state index in [1.54, 1.807) is 0 Å². The average molecular weight is 284 g/mol. The standard InChI is InChI=1S/C11H13ClF3NO2/c1-18-9-4-2-3-8(10(9)11(13,14)15)16-6-7(17)5-12/h2-4,7,16-17H,5-6H2,1H3. The van der Waals surface area contributed by atoms with E-state index >= 15 is 0 Å². The summed E-state index contributed by atoms with van der Waals surface area (Å²) in [7, 11) is 1.17. The molecule has 3 nitrogen and oxygen atoms in total. The van der Waals surface area contributed by atoms with Crippen molar-refractivity contribution in [1.29, 1.82) is 0 Å². The molecule has 0 aliphatic heterocycles. The van der Waals surface area contributed by atoms with Crippen LogP contribution < -0.4 is 10.1 Å². The van der Waals surface area contributed by atoms with Crippen molar-refractivity contribution in [2.75, 3.05) is 24.9 Å². The van der Waals surface area contributed by atoms with E-state index in [9.17, 15) is 18.3 Å². The van der Waals surface area contributed by atoms with Crippen LogP contribution >= 0.6 is 11.6 Å². The molecule has 0 aliphatic carbocycles. The van der Waals surface area contributed by atoms with Crippen LogP contribution in [-0.2, 0) is 6.18 Å². The van der Waals surface area contributed by atoms with E-state index in [-0.39, 0.29) is 23.9 Å². The maximum Gasteiger partial charge on any atom is 0.421 e. The Labute approximate surface area is 108 Å². The third kappa shape index (κ3) is 3.68. The van der Waals surface area contributed by atoms with Gasteiger partial charge in [0.05, 0.1) is 24.8 Å². The van der Waals surface area contributed by atoms with Gasteiger partial charge < -0.3 is 15.2 Å². The number of nitrogens with one attached hydrogen (secondary N) is 1. The fourth-order valence-corrected chi connectivity index (χ4v) is 1.53. The molecule has 1 unspecified atom stereocenters. The highest BCUT2D eigenvalue weighted by atomic mass is 35.5. The summed E-state index contributed by atoms with van der Waals surface area (Å²) in [5, 5.41) is 11.7. The second kappa shape index (κ2) is 6.15. The fraction of sp³-hybridized carbons (Fsp3) is 0.455. The summed E-state index contributed by atoms with van der Waals surface area (Å²) in [6.45, 7) is -0.0697. The molecule has 1 atom stereocenters. The molecule has 2 N–H and O–H groups in total. The topological polar surface area (TPSA) is 41.5 Å². The Balaban J connectivity index is 3.03. The lowest BCUT2D eigenvalue weighted by atomic mass is 10.1. The molecular weight excluding hydrogens is 271 g/mol. The van der Waals surface area contributed by atoms with E-state index in [1.807, 2.05) is 0 Å². The SMILES string of the molecule is COc1cccc(NCC(O)CCl)c1C(F)(F)F. The van der Waals surface area contributed by atoms with Gasteiger partial charge in [0.2, 0.25) is 0 Å². The zero-order valence-corrected chi connectivity index (χ0v) is 10.3. The lowest BCUT2D eigenvalue weighted by Crippen LogP contribution is -2.22. The first kappa shape index (κ1) is 14.9. The Hall–Kier alpha value is -1.14. The molecule has 0 fully saturated rings. The molecule has 0 bridgehead atoms. The van der Waals surface area contributed by atoms with Gasteiger partial charge in [-0.3, -0.25) is 0 Å². The highest BCUT2D eigenvalue weighted by molar-refractivity contribution is 6.18. The van der Waals surface area contributed by atoms with Gasteiger partial charge in [-0.2, -0.15) is 13.2 Å². The maximum atomic E-state index is 12.9. The number of alkyl halides is 4. The van der Waals surface area contributed by atoms with Crippen molar-refractivity contribution < 1.29 is 23.0 Å². The minimum absolute atomic E-state index is 0.0572. The summed E-state index contributed by atoms with van der Waals surface area (Å²) in [5.74, 6) is -0.328. The summed E-state index contributed by atoms with van der Waals surface area (Å²) in [5.41, 5.74) is -1.04. The first-order valence-corrected chi connectivity index (χ1v) is 5.65. The van der Waals surface area contributed by atoms with Crippen molar-refractivity contribution >= 4 is 17.3 Å². The van der Waals surface area contributed by atoms with E-state index in [1.165, 1.54) is 25.3 Å². The van der Waals surface area contributed by atoms with Gasteiger partial charge in [0.25, 0.3) is 0 Å². The van der Waals surface area contributed by atoms with Crippen LogP contribution in [0.4, 0.5) is 18.9 Å². The molecule has 18 heavy (non-hydrogen) atoms. The van der Waals surface area contributed by atoms with E-state index < -0.39 is 17.8 Å². The van der Waals surface area contributed by atoms with Gasteiger partial charge in [-0.05, 0) is 12.1 Å². The number of anilines is 1. The number of hydrogen-bond acceptors (Lipinski definition) is 3. The van der Waals surface area contributed by atoms with Crippen LogP contribution in [-0.4, -0.2) is 30.7 Å². The van der Waals surface area contributed by atoms with Crippen LogP contribution in [0.3, 0.4) is 0 Å².